The van der Waals surface area contributed by atoms with Crippen molar-refractivity contribution in [2.24, 2.45) is 0 Å². The van der Waals surface area contributed by atoms with Gasteiger partial charge < -0.3 is 14.6 Å². The summed E-state index contributed by atoms with van der Waals surface area (Å²) in [5.74, 6) is -1.07. The zero-order valence-corrected chi connectivity index (χ0v) is 18.0. The summed E-state index contributed by atoms with van der Waals surface area (Å²) in [6.07, 6.45) is 0.886. The number of carbonyl (C=O) groups excluding carboxylic acids is 3. The molecular formula is C22H27ClN2O4. The zero-order valence-electron chi connectivity index (χ0n) is 17.3. The van der Waals surface area contributed by atoms with Crippen molar-refractivity contribution >= 4 is 29.3 Å². The number of esters is 1. The third kappa shape index (κ3) is 6.19. The molecule has 156 valence electrons. The number of nitrogens with zero attached hydrogens (tertiary/aromatic N) is 1. The predicted molar refractivity (Wildman–Crippen MR) is 112 cm³/mol. The van der Waals surface area contributed by atoms with Crippen LogP contribution in [0.5, 0.6) is 0 Å². The zero-order chi connectivity index (χ0) is 21.6. The molecule has 0 bridgehead atoms. The minimum Gasteiger partial charge on any atom is -0.457 e. The highest BCUT2D eigenvalue weighted by Gasteiger charge is 2.21. The van der Waals surface area contributed by atoms with Gasteiger partial charge in [0.1, 0.15) is 0 Å². The lowest BCUT2D eigenvalue weighted by molar-refractivity contribution is -0.143. The highest BCUT2D eigenvalue weighted by atomic mass is 35.5. The summed E-state index contributed by atoms with van der Waals surface area (Å²) < 4.78 is 7.29. The largest absolute Gasteiger partial charge is 0.457 e. The van der Waals surface area contributed by atoms with Gasteiger partial charge in [0.2, 0.25) is 11.7 Å². The van der Waals surface area contributed by atoms with Gasteiger partial charge in [0, 0.05) is 35.4 Å². The molecule has 7 heteroatoms. The Morgan fingerprint density at radius 1 is 1.17 bits per heavy atom. The quantitative estimate of drug-likeness (QED) is 0.490. The van der Waals surface area contributed by atoms with Gasteiger partial charge in [0.05, 0.1) is 12.5 Å². The maximum atomic E-state index is 12.5. The van der Waals surface area contributed by atoms with Crippen molar-refractivity contribution in [2.75, 3.05) is 6.61 Å². The van der Waals surface area contributed by atoms with Crippen molar-refractivity contribution in [3.63, 3.8) is 0 Å². The van der Waals surface area contributed by atoms with Crippen LogP contribution in [0.3, 0.4) is 0 Å². The van der Waals surface area contributed by atoms with Crippen LogP contribution in [0.2, 0.25) is 5.02 Å². The maximum absolute atomic E-state index is 12.5. The van der Waals surface area contributed by atoms with E-state index >= 15 is 0 Å². The van der Waals surface area contributed by atoms with E-state index in [9.17, 15) is 14.4 Å². The summed E-state index contributed by atoms with van der Waals surface area (Å²) in [5.41, 5.74) is 3.19. The molecule has 0 saturated heterocycles. The molecule has 1 atom stereocenters. The Bertz CT molecular complexity index is 887. The standard InChI is InChI=1S/C22H27ClN2O4/c1-5-10-25-14(2)11-19(15(25)3)21(27)13-29-22(28)12-20(24-16(4)26)17-6-8-18(23)9-7-17/h6-9,11,20H,5,10,12-13H2,1-4H3,(H,24,26). The van der Waals surface area contributed by atoms with Crippen molar-refractivity contribution in [3.8, 4) is 0 Å². The van der Waals surface area contributed by atoms with Crippen LogP contribution in [-0.4, -0.2) is 28.8 Å². The molecule has 0 aliphatic heterocycles. The number of Topliss-reactive ketones (excluding diaryl/α,β-unsaturated/α-hetero) is 1. The van der Waals surface area contributed by atoms with E-state index in [0.717, 1.165) is 29.9 Å². The average Bonchev–Trinajstić information content (AvgIpc) is 2.94. The Hall–Kier alpha value is -2.60. The summed E-state index contributed by atoms with van der Waals surface area (Å²) in [6.45, 7) is 7.81. The highest BCUT2D eigenvalue weighted by molar-refractivity contribution is 6.30. The summed E-state index contributed by atoms with van der Waals surface area (Å²) in [5, 5.41) is 3.29. The summed E-state index contributed by atoms with van der Waals surface area (Å²) >= 11 is 5.90. The summed E-state index contributed by atoms with van der Waals surface area (Å²) in [4.78, 5) is 36.4. The number of rotatable bonds is 9. The number of aryl methyl sites for hydroxylation is 1. The molecule has 1 aromatic carbocycles. The molecule has 0 spiro atoms. The van der Waals surface area contributed by atoms with Gasteiger partial charge in [0.15, 0.2) is 6.61 Å². The first-order valence-electron chi connectivity index (χ1n) is 9.61. The third-order valence-corrected chi connectivity index (χ3v) is 4.96. The van der Waals surface area contributed by atoms with Gasteiger partial charge in [-0.05, 0) is 44.0 Å². The number of halogens is 1. The van der Waals surface area contributed by atoms with E-state index in [-0.39, 0.29) is 24.7 Å². The molecule has 0 aliphatic carbocycles. The predicted octanol–water partition coefficient (Wildman–Crippen LogP) is 4.16. The molecule has 1 N–H and O–H groups in total. The number of aromatic nitrogens is 1. The van der Waals surface area contributed by atoms with E-state index < -0.39 is 12.0 Å². The normalized spacial score (nSPS) is 11.8. The Morgan fingerprint density at radius 3 is 2.41 bits per heavy atom. The number of carbonyl (C=O) groups is 3. The van der Waals surface area contributed by atoms with Crippen LogP contribution in [0, 0.1) is 13.8 Å². The molecule has 0 aliphatic rings. The smallest absolute Gasteiger partial charge is 0.308 e. The number of benzene rings is 1. The van der Waals surface area contributed by atoms with Crippen LogP contribution < -0.4 is 5.32 Å². The second kappa shape index (κ2) is 10.3. The molecule has 0 radical (unpaired) electrons. The van der Waals surface area contributed by atoms with Gasteiger partial charge in [-0.3, -0.25) is 14.4 Å². The van der Waals surface area contributed by atoms with Gasteiger partial charge in [0.25, 0.3) is 0 Å². The molecule has 1 unspecified atom stereocenters. The van der Waals surface area contributed by atoms with Crippen LogP contribution >= 0.6 is 11.6 Å². The lowest BCUT2D eigenvalue weighted by Gasteiger charge is -2.17. The summed E-state index contributed by atoms with van der Waals surface area (Å²) in [6, 6.07) is 8.13. The fourth-order valence-corrected chi connectivity index (χ4v) is 3.42. The fraction of sp³-hybridized carbons (Fsp3) is 0.409. The number of amides is 1. The number of ether oxygens (including phenoxy) is 1. The van der Waals surface area contributed by atoms with Crippen LogP contribution in [0.1, 0.15) is 60.0 Å². The number of hydrogen-bond acceptors (Lipinski definition) is 4. The molecule has 6 nitrogen and oxygen atoms in total. The average molecular weight is 419 g/mol. The van der Waals surface area contributed by atoms with Gasteiger partial charge >= 0.3 is 5.97 Å². The van der Waals surface area contributed by atoms with Crippen molar-refractivity contribution in [1.82, 2.24) is 9.88 Å². The van der Waals surface area contributed by atoms with Crippen LogP contribution in [0.25, 0.3) is 0 Å². The van der Waals surface area contributed by atoms with E-state index in [1.165, 1.54) is 6.92 Å². The Morgan fingerprint density at radius 2 is 1.83 bits per heavy atom. The third-order valence-electron chi connectivity index (χ3n) is 4.71. The van der Waals surface area contributed by atoms with E-state index in [2.05, 4.69) is 16.8 Å². The van der Waals surface area contributed by atoms with Crippen molar-refractivity contribution in [3.05, 3.63) is 57.9 Å². The molecule has 0 saturated carbocycles. The molecule has 1 amide bonds. The molecule has 0 fully saturated rings. The maximum Gasteiger partial charge on any atom is 0.308 e. The van der Waals surface area contributed by atoms with E-state index in [4.69, 9.17) is 16.3 Å². The first-order valence-corrected chi connectivity index (χ1v) is 9.98. The lowest BCUT2D eigenvalue weighted by Crippen LogP contribution is -2.29. The second-order valence-electron chi connectivity index (χ2n) is 7.03. The Kier molecular flexibility index (Phi) is 8.02. The minimum atomic E-state index is -0.561. The topological polar surface area (TPSA) is 77.4 Å². The van der Waals surface area contributed by atoms with Crippen molar-refractivity contribution in [1.29, 1.82) is 0 Å². The Labute approximate surface area is 176 Å². The molecule has 2 rings (SSSR count). The van der Waals surface area contributed by atoms with Gasteiger partial charge in [-0.2, -0.15) is 0 Å². The van der Waals surface area contributed by atoms with Crippen LogP contribution in [0.4, 0.5) is 0 Å². The highest BCUT2D eigenvalue weighted by Crippen LogP contribution is 2.21. The second-order valence-corrected chi connectivity index (χ2v) is 7.47. The SMILES string of the molecule is CCCn1c(C)cc(C(=O)COC(=O)CC(NC(C)=O)c2ccc(Cl)cc2)c1C. The Balaban J connectivity index is 2.01. The van der Waals surface area contributed by atoms with Crippen LogP contribution in [0.15, 0.2) is 30.3 Å². The van der Waals surface area contributed by atoms with Crippen LogP contribution in [-0.2, 0) is 20.9 Å². The van der Waals surface area contributed by atoms with Gasteiger partial charge in [-0.25, -0.2) is 0 Å². The first kappa shape index (κ1) is 22.7. The fourth-order valence-electron chi connectivity index (χ4n) is 3.29. The molecule has 1 aromatic heterocycles. The number of ketones is 1. The van der Waals surface area contributed by atoms with Crippen molar-refractivity contribution in [2.45, 2.75) is 53.1 Å². The first-order chi connectivity index (χ1) is 13.7. The van der Waals surface area contributed by atoms with Crippen molar-refractivity contribution < 1.29 is 19.1 Å². The lowest BCUT2D eigenvalue weighted by atomic mass is 10.0. The number of nitrogens with one attached hydrogen (secondary N) is 1. The molecule has 2 aromatic rings. The van der Waals surface area contributed by atoms with E-state index in [0.29, 0.717) is 10.6 Å². The van der Waals surface area contributed by atoms with Gasteiger partial charge in [-0.15, -0.1) is 0 Å². The number of hydrogen-bond donors (Lipinski definition) is 1. The minimum absolute atomic E-state index is 0.0800. The summed E-state index contributed by atoms with van der Waals surface area (Å²) in [7, 11) is 0. The van der Waals surface area contributed by atoms with E-state index in [1.807, 2.05) is 19.9 Å². The molecule has 1 heterocycles. The monoisotopic (exact) mass is 418 g/mol. The molecule has 29 heavy (non-hydrogen) atoms. The van der Waals surface area contributed by atoms with Gasteiger partial charge in [-0.1, -0.05) is 30.7 Å². The van der Waals surface area contributed by atoms with E-state index in [1.54, 1.807) is 24.3 Å². The molecular weight excluding hydrogens is 392 g/mol.